The Kier molecular flexibility index (Phi) is 8.02. The van der Waals surface area contributed by atoms with Crippen LogP contribution < -0.4 is 10.1 Å². The Morgan fingerprint density at radius 1 is 1.30 bits per heavy atom. The third-order valence-corrected chi connectivity index (χ3v) is 4.83. The highest BCUT2D eigenvalue weighted by Gasteiger charge is 2.14. The van der Waals surface area contributed by atoms with Gasteiger partial charge in [-0.3, -0.25) is 9.59 Å². The minimum absolute atomic E-state index is 0.0891. The zero-order valence-corrected chi connectivity index (χ0v) is 17.0. The average molecular weight is 412 g/mol. The number of thiazole rings is 1. The van der Waals surface area contributed by atoms with Crippen LogP contribution in [0.15, 0.2) is 23.6 Å². The van der Waals surface area contributed by atoms with Crippen LogP contribution >= 0.6 is 22.9 Å². The third-order valence-electron chi connectivity index (χ3n) is 3.71. The fourth-order valence-electron chi connectivity index (χ4n) is 2.30. The second-order valence-electron chi connectivity index (χ2n) is 5.51. The first kappa shape index (κ1) is 21.1. The van der Waals surface area contributed by atoms with Crippen molar-refractivity contribution in [3.63, 3.8) is 0 Å². The predicted octanol–water partition coefficient (Wildman–Crippen LogP) is 3.44. The molecule has 0 unspecified atom stereocenters. The molecule has 0 aliphatic heterocycles. The van der Waals surface area contributed by atoms with Crippen LogP contribution in [0.1, 0.15) is 29.3 Å². The van der Waals surface area contributed by atoms with Gasteiger partial charge in [0.15, 0.2) is 6.61 Å². The van der Waals surface area contributed by atoms with Gasteiger partial charge in [0, 0.05) is 31.3 Å². The molecule has 0 fully saturated rings. The van der Waals surface area contributed by atoms with Crippen LogP contribution in [0.3, 0.4) is 0 Å². The largest absolute Gasteiger partial charge is 0.482 e. The Labute approximate surface area is 167 Å². The van der Waals surface area contributed by atoms with Crippen molar-refractivity contribution in [1.82, 2.24) is 9.88 Å². The van der Waals surface area contributed by atoms with Gasteiger partial charge in [0.1, 0.15) is 16.5 Å². The van der Waals surface area contributed by atoms with E-state index in [4.69, 9.17) is 21.1 Å². The van der Waals surface area contributed by atoms with E-state index < -0.39 is 0 Å². The highest BCUT2D eigenvalue weighted by Crippen LogP contribution is 2.28. The summed E-state index contributed by atoms with van der Waals surface area (Å²) in [6.45, 7) is 5.34. The molecule has 2 amide bonds. The zero-order valence-electron chi connectivity index (χ0n) is 15.5. The standard InChI is InChI=1S/C18H22ClN3O4S/c1-4-22(5-2)17(23)10-26-15-7-6-12(8-13(15)19)20-18(24)14-11-27-16(21-14)9-25-3/h6-8,11H,4-5,9-10H2,1-3H3,(H,20,24). The number of carbonyl (C=O) groups is 2. The van der Waals surface area contributed by atoms with Crippen molar-refractivity contribution in [1.29, 1.82) is 0 Å². The van der Waals surface area contributed by atoms with Crippen molar-refractivity contribution in [2.75, 3.05) is 32.1 Å². The minimum atomic E-state index is -0.338. The van der Waals surface area contributed by atoms with E-state index >= 15 is 0 Å². The number of hydrogen-bond acceptors (Lipinski definition) is 6. The molecule has 7 nitrogen and oxygen atoms in total. The van der Waals surface area contributed by atoms with Gasteiger partial charge in [-0.05, 0) is 32.0 Å². The molecule has 146 valence electrons. The number of rotatable bonds is 9. The molecule has 0 saturated heterocycles. The Morgan fingerprint density at radius 3 is 2.67 bits per heavy atom. The normalized spacial score (nSPS) is 10.5. The van der Waals surface area contributed by atoms with Gasteiger partial charge >= 0.3 is 0 Å². The molecule has 0 aliphatic rings. The van der Waals surface area contributed by atoms with Crippen molar-refractivity contribution in [3.8, 4) is 5.75 Å². The molecule has 0 radical (unpaired) electrons. The van der Waals surface area contributed by atoms with Gasteiger partial charge in [0.2, 0.25) is 0 Å². The second kappa shape index (κ2) is 10.2. The quantitative estimate of drug-likeness (QED) is 0.683. The topological polar surface area (TPSA) is 80.8 Å². The monoisotopic (exact) mass is 411 g/mol. The summed E-state index contributed by atoms with van der Waals surface area (Å²) in [5, 5.41) is 5.43. The number of hydrogen-bond donors (Lipinski definition) is 1. The number of nitrogens with zero attached hydrogens (tertiary/aromatic N) is 2. The van der Waals surface area contributed by atoms with Gasteiger partial charge < -0.3 is 19.7 Å². The molecule has 0 bridgehead atoms. The van der Waals surface area contributed by atoms with Gasteiger partial charge in [-0.25, -0.2) is 4.98 Å². The maximum Gasteiger partial charge on any atom is 0.275 e. The van der Waals surface area contributed by atoms with Crippen molar-refractivity contribution in [2.45, 2.75) is 20.5 Å². The summed E-state index contributed by atoms with van der Waals surface area (Å²) in [4.78, 5) is 30.1. The molecule has 0 aliphatic carbocycles. The van der Waals surface area contributed by atoms with E-state index in [0.717, 1.165) is 5.01 Å². The molecule has 27 heavy (non-hydrogen) atoms. The number of anilines is 1. The molecule has 1 heterocycles. The van der Waals surface area contributed by atoms with E-state index in [1.165, 1.54) is 11.3 Å². The second-order valence-corrected chi connectivity index (χ2v) is 6.86. The number of nitrogens with one attached hydrogen (secondary N) is 1. The number of aromatic nitrogens is 1. The smallest absolute Gasteiger partial charge is 0.275 e. The highest BCUT2D eigenvalue weighted by molar-refractivity contribution is 7.09. The molecule has 1 aromatic carbocycles. The van der Waals surface area contributed by atoms with E-state index in [-0.39, 0.29) is 18.4 Å². The summed E-state index contributed by atoms with van der Waals surface area (Å²) in [7, 11) is 1.57. The minimum Gasteiger partial charge on any atom is -0.482 e. The maximum atomic E-state index is 12.3. The lowest BCUT2D eigenvalue weighted by Gasteiger charge is -2.19. The molecular weight excluding hydrogens is 390 g/mol. The molecule has 0 spiro atoms. The lowest BCUT2D eigenvalue weighted by atomic mass is 10.3. The molecule has 1 aromatic heterocycles. The fraction of sp³-hybridized carbons (Fsp3) is 0.389. The van der Waals surface area contributed by atoms with Gasteiger partial charge in [-0.2, -0.15) is 0 Å². The number of halogens is 1. The number of ether oxygens (including phenoxy) is 2. The maximum absolute atomic E-state index is 12.3. The molecule has 0 atom stereocenters. The molecule has 1 N–H and O–H groups in total. The van der Waals surface area contributed by atoms with Gasteiger partial charge in [-0.15, -0.1) is 11.3 Å². The van der Waals surface area contributed by atoms with E-state index in [9.17, 15) is 9.59 Å². The number of benzene rings is 1. The van der Waals surface area contributed by atoms with E-state index in [1.54, 1.807) is 35.6 Å². The summed E-state index contributed by atoms with van der Waals surface area (Å²) in [5.74, 6) is -0.0647. The summed E-state index contributed by atoms with van der Waals surface area (Å²) in [6.07, 6.45) is 0. The molecule has 2 aromatic rings. The van der Waals surface area contributed by atoms with E-state index in [1.807, 2.05) is 13.8 Å². The van der Waals surface area contributed by atoms with Crippen molar-refractivity contribution in [2.24, 2.45) is 0 Å². The van der Waals surface area contributed by atoms with E-state index in [0.29, 0.717) is 41.8 Å². The molecule has 0 saturated carbocycles. The molecular formula is C18H22ClN3O4S. The van der Waals surface area contributed by atoms with Crippen LogP contribution in [0.5, 0.6) is 5.75 Å². The van der Waals surface area contributed by atoms with Crippen molar-refractivity contribution < 1.29 is 19.1 Å². The van der Waals surface area contributed by atoms with Crippen molar-refractivity contribution in [3.05, 3.63) is 39.3 Å². The molecule has 2 rings (SSSR count). The summed E-state index contributed by atoms with van der Waals surface area (Å²) in [5.41, 5.74) is 0.821. The first-order chi connectivity index (χ1) is 13.0. The first-order valence-corrected chi connectivity index (χ1v) is 9.69. The summed E-state index contributed by atoms with van der Waals surface area (Å²) < 4.78 is 10.5. The van der Waals surface area contributed by atoms with Gasteiger partial charge in [-0.1, -0.05) is 11.6 Å². The number of methoxy groups -OCH3 is 1. The lowest BCUT2D eigenvalue weighted by Crippen LogP contribution is -2.34. The summed E-state index contributed by atoms with van der Waals surface area (Å²) in [6, 6.07) is 4.84. The Balaban J connectivity index is 1.97. The Bertz CT molecular complexity index is 793. The Hall–Kier alpha value is -2.16. The first-order valence-electron chi connectivity index (χ1n) is 8.43. The number of carbonyl (C=O) groups excluding carboxylic acids is 2. The van der Waals surface area contributed by atoms with Crippen LogP contribution in [0, 0.1) is 0 Å². The number of likely N-dealkylation sites (N-methyl/N-ethyl adjacent to an activating group) is 1. The fourth-order valence-corrected chi connectivity index (χ4v) is 3.28. The van der Waals surface area contributed by atoms with Crippen LogP contribution in [-0.4, -0.2) is 48.5 Å². The van der Waals surface area contributed by atoms with Crippen LogP contribution in [0.4, 0.5) is 5.69 Å². The van der Waals surface area contributed by atoms with Gasteiger partial charge in [0.05, 0.1) is 11.6 Å². The third kappa shape index (κ3) is 5.92. The van der Waals surface area contributed by atoms with Crippen LogP contribution in [0.2, 0.25) is 5.02 Å². The Morgan fingerprint density at radius 2 is 2.04 bits per heavy atom. The van der Waals surface area contributed by atoms with E-state index in [2.05, 4.69) is 10.3 Å². The average Bonchev–Trinajstić information content (AvgIpc) is 3.11. The predicted molar refractivity (Wildman–Crippen MR) is 106 cm³/mol. The van der Waals surface area contributed by atoms with Gasteiger partial charge in [0.25, 0.3) is 11.8 Å². The highest BCUT2D eigenvalue weighted by atomic mass is 35.5. The zero-order chi connectivity index (χ0) is 19.8. The number of amides is 2. The van der Waals surface area contributed by atoms with Crippen LogP contribution in [-0.2, 0) is 16.1 Å². The van der Waals surface area contributed by atoms with Crippen molar-refractivity contribution >= 4 is 40.4 Å². The lowest BCUT2D eigenvalue weighted by molar-refractivity contribution is -0.132. The van der Waals surface area contributed by atoms with Crippen LogP contribution in [0.25, 0.3) is 0 Å². The SMILES string of the molecule is CCN(CC)C(=O)COc1ccc(NC(=O)c2csc(COC)n2)cc1Cl. The summed E-state index contributed by atoms with van der Waals surface area (Å²) >= 11 is 7.56. The molecule has 9 heteroatoms.